The molecule has 0 saturated carbocycles. The van der Waals surface area contributed by atoms with Crippen LogP contribution in [0.25, 0.3) is 10.1 Å². The van der Waals surface area contributed by atoms with Gasteiger partial charge in [0.1, 0.15) is 5.82 Å². The van der Waals surface area contributed by atoms with Gasteiger partial charge in [0.25, 0.3) is 5.69 Å². The topological polar surface area (TPSA) is 89.2 Å². The molecule has 2 heterocycles. The minimum absolute atomic E-state index is 0.116. The molecule has 8 heteroatoms. The molecule has 0 spiro atoms. The van der Waals surface area contributed by atoms with Crippen molar-refractivity contribution in [2.45, 2.75) is 6.92 Å². The Morgan fingerprint density at radius 2 is 2.14 bits per heavy atom. The number of anilines is 2. The summed E-state index contributed by atoms with van der Waals surface area (Å²) >= 11 is 1.32. The zero-order valence-corrected chi connectivity index (χ0v) is 12.3. The Balaban J connectivity index is 2.11. The lowest BCUT2D eigenvalue weighted by molar-refractivity contribution is -0.384. The number of aromatic nitrogens is 2. The molecule has 0 saturated heterocycles. The number of hydrogen-bond acceptors (Lipinski definition) is 6. The van der Waals surface area contributed by atoms with Gasteiger partial charge in [-0.25, -0.2) is 4.98 Å². The highest BCUT2D eigenvalue weighted by molar-refractivity contribution is 7.13. The Morgan fingerprint density at radius 3 is 2.86 bits per heavy atom. The highest BCUT2D eigenvalue weighted by Gasteiger charge is 2.19. The summed E-state index contributed by atoms with van der Waals surface area (Å²) in [6, 6.07) is 7.99. The Morgan fingerprint density at radius 1 is 1.32 bits per heavy atom. The van der Waals surface area contributed by atoms with Crippen molar-refractivity contribution in [2.24, 2.45) is 0 Å². The predicted molar refractivity (Wildman–Crippen MR) is 83.3 cm³/mol. The number of carbonyl (C=O) groups is 1. The van der Waals surface area contributed by atoms with Crippen LogP contribution in [0.4, 0.5) is 17.2 Å². The van der Waals surface area contributed by atoms with Crippen molar-refractivity contribution in [3.63, 3.8) is 0 Å². The van der Waals surface area contributed by atoms with Crippen molar-refractivity contribution in [3.05, 3.63) is 52.8 Å². The Bertz CT molecular complexity index is 877. The maximum absolute atomic E-state index is 12.0. The second kappa shape index (κ2) is 5.49. The van der Waals surface area contributed by atoms with Gasteiger partial charge in [-0.05, 0) is 29.7 Å². The Kier molecular flexibility index (Phi) is 3.51. The summed E-state index contributed by atoms with van der Waals surface area (Å²) in [6.07, 6.45) is 3.06. The number of hydrogen-bond donors (Lipinski definition) is 0. The van der Waals surface area contributed by atoms with Gasteiger partial charge in [0, 0.05) is 30.8 Å². The maximum Gasteiger partial charge on any atom is 0.274 e. The highest BCUT2D eigenvalue weighted by atomic mass is 32.1. The van der Waals surface area contributed by atoms with Crippen molar-refractivity contribution < 1.29 is 9.72 Å². The molecule has 110 valence electrons. The third-order valence-corrected chi connectivity index (χ3v) is 3.84. The smallest absolute Gasteiger partial charge is 0.274 e. The molecule has 0 aliphatic heterocycles. The summed E-state index contributed by atoms with van der Waals surface area (Å²) in [6.45, 7) is 1.39. The molecule has 1 amide bonds. The van der Waals surface area contributed by atoms with E-state index in [1.165, 1.54) is 41.7 Å². The first kappa shape index (κ1) is 14.1. The lowest BCUT2D eigenvalue weighted by atomic mass is 10.2. The van der Waals surface area contributed by atoms with E-state index in [1.807, 2.05) is 12.1 Å². The Hall–Kier alpha value is -2.87. The van der Waals surface area contributed by atoms with Crippen LogP contribution in [0.15, 0.2) is 42.7 Å². The molecule has 0 bridgehead atoms. The van der Waals surface area contributed by atoms with Gasteiger partial charge in [0.05, 0.1) is 21.4 Å². The summed E-state index contributed by atoms with van der Waals surface area (Å²) in [5, 5.41) is 11.9. The normalized spacial score (nSPS) is 10.6. The molecule has 0 aliphatic rings. The first-order chi connectivity index (χ1) is 10.6. The van der Waals surface area contributed by atoms with Crippen LogP contribution in [0.2, 0.25) is 0 Å². The third kappa shape index (κ3) is 2.51. The first-order valence-corrected chi connectivity index (χ1v) is 7.09. The number of benzene rings is 1. The van der Waals surface area contributed by atoms with E-state index in [0.717, 1.165) is 10.1 Å². The van der Waals surface area contributed by atoms with E-state index in [1.54, 1.807) is 12.3 Å². The summed E-state index contributed by atoms with van der Waals surface area (Å²) < 4.78 is 5.02. The first-order valence-electron chi connectivity index (χ1n) is 6.32. The van der Waals surface area contributed by atoms with Crippen LogP contribution >= 0.6 is 11.5 Å². The quantitative estimate of drug-likeness (QED) is 0.546. The van der Waals surface area contributed by atoms with Crippen LogP contribution in [0.1, 0.15) is 6.92 Å². The second-order valence-electron chi connectivity index (χ2n) is 4.53. The SMILES string of the molecule is CC(=O)N(c1ccc2cnsc2c1)c1cc([N+](=O)[O-])ccn1. The van der Waals surface area contributed by atoms with Crippen molar-refractivity contribution in [1.29, 1.82) is 0 Å². The fraction of sp³-hybridized carbons (Fsp3) is 0.0714. The molecule has 2 aromatic heterocycles. The largest absolute Gasteiger partial charge is 0.274 e. The van der Waals surface area contributed by atoms with Gasteiger partial charge < -0.3 is 0 Å². The van der Waals surface area contributed by atoms with Crippen molar-refractivity contribution in [1.82, 2.24) is 9.36 Å². The highest BCUT2D eigenvalue weighted by Crippen LogP contribution is 2.30. The van der Waals surface area contributed by atoms with Crippen LogP contribution in [0.5, 0.6) is 0 Å². The minimum atomic E-state index is -0.518. The molecular formula is C14H10N4O3S. The van der Waals surface area contributed by atoms with Gasteiger partial charge in [0.2, 0.25) is 5.91 Å². The molecular weight excluding hydrogens is 304 g/mol. The van der Waals surface area contributed by atoms with E-state index in [9.17, 15) is 14.9 Å². The van der Waals surface area contributed by atoms with Gasteiger partial charge >= 0.3 is 0 Å². The third-order valence-electron chi connectivity index (χ3n) is 3.08. The zero-order valence-electron chi connectivity index (χ0n) is 11.5. The molecule has 3 rings (SSSR count). The van der Waals surface area contributed by atoms with Gasteiger partial charge in [0.15, 0.2) is 0 Å². The van der Waals surface area contributed by atoms with Crippen molar-refractivity contribution >= 4 is 44.7 Å². The second-order valence-corrected chi connectivity index (χ2v) is 5.36. The van der Waals surface area contributed by atoms with Gasteiger partial charge in [-0.1, -0.05) is 0 Å². The summed E-state index contributed by atoms with van der Waals surface area (Å²) in [5.41, 5.74) is 0.479. The lowest BCUT2D eigenvalue weighted by Gasteiger charge is -2.19. The molecule has 3 aromatic rings. The van der Waals surface area contributed by atoms with Crippen LogP contribution in [0.3, 0.4) is 0 Å². The standard InChI is InChI=1S/C14H10N4O3S/c1-9(19)17(14-7-12(18(20)21)4-5-15-14)11-3-2-10-8-16-22-13(10)6-11/h2-8H,1H3. The van der Waals surface area contributed by atoms with E-state index >= 15 is 0 Å². The van der Waals surface area contributed by atoms with E-state index in [4.69, 9.17) is 0 Å². The average molecular weight is 314 g/mol. The molecule has 0 radical (unpaired) electrons. The van der Waals surface area contributed by atoms with E-state index in [2.05, 4.69) is 9.36 Å². The van der Waals surface area contributed by atoms with Gasteiger partial charge in [-0.2, -0.15) is 4.37 Å². The number of amides is 1. The number of pyridine rings is 1. The number of fused-ring (bicyclic) bond motifs is 1. The van der Waals surface area contributed by atoms with Crippen LogP contribution < -0.4 is 4.90 Å². The molecule has 0 fully saturated rings. The number of rotatable bonds is 3. The number of carbonyl (C=O) groups excluding carboxylic acids is 1. The maximum atomic E-state index is 12.0. The number of nitro groups is 1. The van der Waals surface area contributed by atoms with Crippen LogP contribution in [-0.4, -0.2) is 20.2 Å². The molecule has 0 unspecified atom stereocenters. The molecule has 7 nitrogen and oxygen atoms in total. The van der Waals surface area contributed by atoms with Crippen molar-refractivity contribution in [2.75, 3.05) is 4.90 Å². The summed E-state index contributed by atoms with van der Waals surface area (Å²) in [4.78, 5) is 27.8. The molecule has 0 atom stereocenters. The zero-order chi connectivity index (χ0) is 15.7. The van der Waals surface area contributed by atoms with Crippen LogP contribution in [0, 0.1) is 10.1 Å². The minimum Gasteiger partial charge on any atom is -0.274 e. The van der Waals surface area contributed by atoms with E-state index in [0.29, 0.717) is 5.69 Å². The predicted octanol–water partition coefficient (Wildman–Crippen LogP) is 3.28. The fourth-order valence-corrected chi connectivity index (χ4v) is 2.79. The monoisotopic (exact) mass is 314 g/mol. The van der Waals surface area contributed by atoms with Gasteiger partial charge in [-0.3, -0.25) is 19.8 Å². The van der Waals surface area contributed by atoms with E-state index < -0.39 is 4.92 Å². The van der Waals surface area contributed by atoms with E-state index in [-0.39, 0.29) is 17.4 Å². The fourth-order valence-electron chi connectivity index (χ4n) is 2.11. The van der Waals surface area contributed by atoms with Crippen molar-refractivity contribution in [3.8, 4) is 0 Å². The molecule has 22 heavy (non-hydrogen) atoms. The van der Waals surface area contributed by atoms with Gasteiger partial charge in [-0.15, -0.1) is 0 Å². The summed E-state index contributed by atoms with van der Waals surface area (Å²) in [5.74, 6) is -0.0672. The summed E-state index contributed by atoms with van der Waals surface area (Å²) in [7, 11) is 0. The Labute approximate surface area is 129 Å². The lowest BCUT2D eigenvalue weighted by Crippen LogP contribution is -2.23. The molecule has 1 aromatic carbocycles. The average Bonchev–Trinajstić information content (AvgIpc) is 2.95. The molecule has 0 aliphatic carbocycles. The molecule has 0 N–H and O–H groups in total. The van der Waals surface area contributed by atoms with Crippen LogP contribution in [-0.2, 0) is 4.79 Å². The number of nitrogens with zero attached hydrogens (tertiary/aromatic N) is 4.